The van der Waals surface area contributed by atoms with Crippen molar-refractivity contribution in [3.63, 3.8) is 0 Å². The van der Waals surface area contributed by atoms with Gasteiger partial charge in [0.1, 0.15) is 0 Å². The molecule has 1 rings (SSSR count). The van der Waals surface area contributed by atoms with E-state index in [1.807, 2.05) is 0 Å². The zero-order valence-electron chi connectivity index (χ0n) is 9.96. The Labute approximate surface area is 102 Å². The Bertz CT molecular complexity index is 276. The largest absolute Gasteiger partial charge is 0.0884 e. The van der Waals surface area contributed by atoms with E-state index in [0.29, 0.717) is 10.7 Å². The molecule has 2 atom stereocenters. The lowest BCUT2D eigenvalue weighted by atomic mass is 9.91. The molecule has 1 heteroatoms. The normalized spacial score (nSPS) is 14.9. The zero-order chi connectivity index (χ0) is 11.3. The lowest BCUT2D eigenvalue weighted by Crippen LogP contribution is -2.10. The van der Waals surface area contributed by atoms with E-state index in [0.717, 1.165) is 6.42 Å². The van der Waals surface area contributed by atoms with Crippen molar-refractivity contribution < 1.29 is 0 Å². The van der Waals surface area contributed by atoms with Crippen molar-refractivity contribution in [2.75, 3.05) is 0 Å². The predicted octanol–water partition coefficient (Wildman–Crippen LogP) is 4.92. The van der Waals surface area contributed by atoms with E-state index >= 15 is 0 Å². The monoisotopic (exact) mass is 268 g/mol. The Morgan fingerprint density at radius 3 is 2.00 bits per heavy atom. The number of halogens is 1. The SMILES string of the molecule is CCc1ccc(C(CC)C(Br)CC)cc1. The lowest BCUT2D eigenvalue weighted by Gasteiger charge is -2.20. The van der Waals surface area contributed by atoms with Crippen LogP contribution in [0.5, 0.6) is 0 Å². The van der Waals surface area contributed by atoms with Crippen LogP contribution in [0.15, 0.2) is 24.3 Å². The van der Waals surface area contributed by atoms with Crippen molar-refractivity contribution >= 4 is 15.9 Å². The average molecular weight is 269 g/mol. The second-order valence-corrected chi connectivity index (χ2v) is 5.21. The highest BCUT2D eigenvalue weighted by molar-refractivity contribution is 9.09. The maximum Gasteiger partial charge on any atom is 0.0211 e. The van der Waals surface area contributed by atoms with Crippen molar-refractivity contribution in [1.82, 2.24) is 0 Å². The molecule has 0 nitrogen and oxygen atoms in total. The van der Waals surface area contributed by atoms with Gasteiger partial charge in [0.05, 0.1) is 0 Å². The number of rotatable bonds is 5. The molecule has 0 aromatic heterocycles. The fourth-order valence-electron chi connectivity index (χ4n) is 1.99. The maximum atomic E-state index is 3.78. The molecule has 2 unspecified atom stereocenters. The first-order valence-electron chi connectivity index (χ1n) is 5.95. The molecule has 15 heavy (non-hydrogen) atoms. The van der Waals surface area contributed by atoms with E-state index in [2.05, 4.69) is 61.0 Å². The summed E-state index contributed by atoms with van der Waals surface area (Å²) in [6.45, 7) is 6.70. The van der Waals surface area contributed by atoms with Crippen LogP contribution in [-0.2, 0) is 6.42 Å². The standard InChI is InChI=1S/C14H21Br/c1-4-11-7-9-12(10-8-11)13(5-2)14(15)6-3/h7-10,13-14H,4-6H2,1-3H3. The average Bonchev–Trinajstić information content (AvgIpc) is 2.30. The number of hydrogen-bond donors (Lipinski definition) is 0. The van der Waals surface area contributed by atoms with Gasteiger partial charge in [0.2, 0.25) is 0 Å². The van der Waals surface area contributed by atoms with Crippen molar-refractivity contribution in [1.29, 1.82) is 0 Å². The van der Waals surface area contributed by atoms with Crippen LogP contribution in [0.3, 0.4) is 0 Å². The van der Waals surface area contributed by atoms with Gasteiger partial charge < -0.3 is 0 Å². The molecule has 0 radical (unpaired) electrons. The highest BCUT2D eigenvalue weighted by Crippen LogP contribution is 2.30. The van der Waals surface area contributed by atoms with Crippen molar-refractivity contribution in [3.8, 4) is 0 Å². The molecule has 0 N–H and O–H groups in total. The molecular formula is C14H21Br. The van der Waals surface area contributed by atoms with Gasteiger partial charge in [-0.1, -0.05) is 61.0 Å². The van der Waals surface area contributed by atoms with Gasteiger partial charge in [-0.25, -0.2) is 0 Å². The fourth-order valence-corrected chi connectivity index (χ4v) is 2.66. The molecule has 0 spiro atoms. The summed E-state index contributed by atoms with van der Waals surface area (Å²) >= 11 is 3.78. The van der Waals surface area contributed by atoms with Gasteiger partial charge in [-0.2, -0.15) is 0 Å². The van der Waals surface area contributed by atoms with E-state index in [1.54, 1.807) is 0 Å². The second kappa shape index (κ2) is 6.32. The van der Waals surface area contributed by atoms with Crippen molar-refractivity contribution in [2.24, 2.45) is 0 Å². The van der Waals surface area contributed by atoms with E-state index in [4.69, 9.17) is 0 Å². The molecule has 84 valence electrons. The third kappa shape index (κ3) is 3.34. The van der Waals surface area contributed by atoms with Crippen LogP contribution in [0.4, 0.5) is 0 Å². The molecular weight excluding hydrogens is 248 g/mol. The summed E-state index contributed by atoms with van der Waals surface area (Å²) in [6, 6.07) is 9.09. The van der Waals surface area contributed by atoms with Gasteiger partial charge in [-0.05, 0) is 36.3 Å². The zero-order valence-corrected chi connectivity index (χ0v) is 11.5. The molecule has 0 aliphatic rings. The second-order valence-electron chi connectivity index (χ2n) is 4.03. The van der Waals surface area contributed by atoms with E-state index in [1.165, 1.54) is 24.0 Å². The molecule has 1 aromatic rings. The third-order valence-electron chi connectivity index (χ3n) is 3.08. The van der Waals surface area contributed by atoms with Crippen LogP contribution in [0.2, 0.25) is 0 Å². The third-order valence-corrected chi connectivity index (χ3v) is 4.37. The Morgan fingerprint density at radius 1 is 1.00 bits per heavy atom. The Morgan fingerprint density at radius 2 is 1.60 bits per heavy atom. The first kappa shape index (κ1) is 12.8. The van der Waals surface area contributed by atoms with Gasteiger partial charge in [0.15, 0.2) is 0 Å². The Hall–Kier alpha value is -0.300. The maximum absolute atomic E-state index is 3.78. The van der Waals surface area contributed by atoms with Crippen LogP contribution in [0, 0.1) is 0 Å². The Balaban J connectivity index is 2.83. The summed E-state index contributed by atoms with van der Waals surface area (Å²) in [5, 5.41) is 0. The number of alkyl halides is 1. The van der Waals surface area contributed by atoms with Crippen molar-refractivity contribution in [2.45, 2.75) is 50.8 Å². The summed E-state index contributed by atoms with van der Waals surface area (Å²) in [5.74, 6) is 0.654. The number of benzene rings is 1. The highest BCUT2D eigenvalue weighted by atomic mass is 79.9. The smallest absolute Gasteiger partial charge is 0.0211 e. The summed E-state index contributed by atoms with van der Waals surface area (Å²) in [4.78, 5) is 0.606. The molecule has 1 aromatic carbocycles. The number of hydrogen-bond acceptors (Lipinski definition) is 0. The number of aryl methyl sites for hydroxylation is 1. The molecule has 0 saturated heterocycles. The summed E-state index contributed by atoms with van der Waals surface area (Å²) in [6.07, 6.45) is 3.52. The molecule has 0 amide bonds. The van der Waals surface area contributed by atoms with Gasteiger partial charge in [-0.3, -0.25) is 0 Å². The first-order chi connectivity index (χ1) is 7.22. The minimum Gasteiger partial charge on any atom is -0.0884 e. The van der Waals surface area contributed by atoms with Crippen LogP contribution in [0.25, 0.3) is 0 Å². The summed E-state index contributed by atoms with van der Waals surface area (Å²) in [5.41, 5.74) is 2.90. The molecule has 0 bridgehead atoms. The van der Waals surface area contributed by atoms with Gasteiger partial charge >= 0.3 is 0 Å². The van der Waals surface area contributed by atoms with Gasteiger partial charge in [0.25, 0.3) is 0 Å². The molecule has 0 heterocycles. The van der Waals surface area contributed by atoms with Crippen LogP contribution >= 0.6 is 15.9 Å². The Kier molecular flexibility index (Phi) is 5.38. The quantitative estimate of drug-likeness (QED) is 0.666. The molecule has 0 saturated carbocycles. The van der Waals surface area contributed by atoms with E-state index in [9.17, 15) is 0 Å². The first-order valence-corrected chi connectivity index (χ1v) is 6.87. The predicted molar refractivity (Wildman–Crippen MR) is 71.9 cm³/mol. The van der Waals surface area contributed by atoms with Gasteiger partial charge in [0, 0.05) is 4.83 Å². The van der Waals surface area contributed by atoms with Crippen LogP contribution in [0.1, 0.15) is 50.7 Å². The minimum absolute atomic E-state index is 0.606. The molecule has 0 fully saturated rings. The van der Waals surface area contributed by atoms with Crippen LogP contribution in [-0.4, -0.2) is 4.83 Å². The summed E-state index contributed by atoms with van der Waals surface area (Å²) < 4.78 is 0. The van der Waals surface area contributed by atoms with Crippen molar-refractivity contribution in [3.05, 3.63) is 35.4 Å². The van der Waals surface area contributed by atoms with Gasteiger partial charge in [-0.15, -0.1) is 0 Å². The summed E-state index contributed by atoms with van der Waals surface area (Å²) in [7, 11) is 0. The molecule has 0 aliphatic carbocycles. The minimum atomic E-state index is 0.606. The fraction of sp³-hybridized carbons (Fsp3) is 0.571. The van der Waals surface area contributed by atoms with Crippen LogP contribution < -0.4 is 0 Å². The molecule has 0 aliphatic heterocycles. The highest BCUT2D eigenvalue weighted by Gasteiger charge is 2.16. The van der Waals surface area contributed by atoms with E-state index in [-0.39, 0.29) is 0 Å². The topological polar surface area (TPSA) is 0 Å². The van der Waals surface area contributed by atoms with E-state index < -0.39 is 0 Å². The lowest BCUT2D eigenvalue weighted by molar-refractivity contribution is 0.619.